The molecule has 2 saturated heterocycles. The highest BCUT2D eigenvalue weighted by atomic mass is 32.2. The summed E-state index contributed by atoms with van der Waals surface area (Å²) < 4.78 is 68.6. The number of hydrogen-bond donors (Lipinski definition) is 2. The molecule has 2 aromatic carbocycles. The van der Waals surface area contributed by atoms with Crippen LogP contribution < -0.4 is 14.9 Å². The van der Waals surface area contributed by atoms with Gasteiger partial charge in [0.25, 0.3) is 0 Å². The monoisotopic (exact) mass is 647 g/mol. The third-order valence-corrected chi connectivity index (χ3v) is 8.32. The van der Waals surface area contributed by atoms with Gasteiger partial charge in [-0.1, -0.05) is 13.8 Å². The van der Waals surface area contributed by atoms with E-state index >= 15 is 4.39 Å². The molecule has 2 aromatic heterocycles. The summed E-state index contributed by atoms with van der Waals surface area (Å²) in [6.45, 7) is 9.07. The van der Waals surface area contributed by atoms with Crippen molar-refractivity contribution in [3.05, 3.63) is 78.8 Å². The van der Waals surface area contributed by atoms with Gasteiger partial charge in [-0.15, -0.1) is 0 Å². The molecule has 1 atom stereocenters. The summed E-state index contributed by atoms with van der Waals surface area (Å²) in [5.41, 5.74) is 3.42. The molecule has 0 bridgehead atoms. The zero-order chi connectivity index (χ0) is 32.8. The maximum absolute atomic E-state index is 15.9. The van der Waals surface area contributed by atoms with Gasteiger partial charge in [0.05, 0.1) is 25.7 Å². The molecule has 2 aliphatic rings. The van der Waals surface area contributed by atoms with Crippen molar-refractivity contribution in [2.24, 2.45) is 0 Å². The van der Waals surface area contributed by atoms with Gasteiger partial charge >= 0.3 is 0 Å². The van der Waals surface area contributed by atoms with Crippen LogP contribution in [0, 0.1) is 11.6 Å². The van der Waals surface area contributed by atoms with E-state index < -0.39 is 22.8 Å². The van der Waals surface area contributed by atoms with Crippen LogP contribution in [0.3, 0.4) is 0 Å². The van der Waals surface area contributed by atoms with Crippen LogP contribution >= 0.6 is 0 Å². The Morgan fingerprint density at radius 2 is 1.42 bits per heavy atom. The number of anilines is 2. The molecule has 4 heterocycles. The first-order chi connectivity index (χ1) is 22.1. The fourth-order valence-corrected chi connectivity index (χ4v) is 6.09. The van der Waals surface area contributed by atoms with Crippen LogP contribution in [0.5, 0.6) is 0 Å². The quantitative estimate of drug-likeness (QED) is 0.222. The van der Waals surface area contributed by atoms with Crippen molar-refractivity contribution in [1.29, 1.82) is 0 Å². The molecular weight excluding hydrogens is 606 g/mol. The molecule has 2 N–H and O–H groups in total. The smallest absolute Gasteiger partial charge is 0.196 e. The van der Waals surface area contributed by atoms with Crippen LogP contribution in [-0.2, 0) is 11.2 Å². The van der Waals surface area contributed by atoms with E-state index in [1.807, 2.05) is 38.1 Å². The molecule has 2 fully saturated rings. The summed E-state index contributed by atoms with van der Waals surface area (Å²) in [4.78, 5) is 6.40. The highest BCUT2D eigenvalue weighted by Gasteiger charge is 2.23. The fraction of sp³-hybridized carbons (Fsp3) is 0.375. The number of benzene rings is 2. The Morgan fingerprint density at radius 3 is 2.04 bits per heavy atom. The summed E-state index contributed by atoms with van der Waals surface area (Å²) in [6.07, 6.45) is 6.82. The van der Waals surface area contributed by atoms with Crippen LogP contribution in [0.2, 0.25) is 0 Å². The normalized spacial score (nSPS) is 15.1. The minimum atomic E-state index is -1.66. The number of rotatable bonds is 7. The number of aromatic nitrogens is 3. The third-order valence-electron chi connectivity index (χ3n) is 7.09. The molecule has 8 nitrogen and oxygen atoms in total. The number of alkyl halides is 2. The molecule has 0 saturated carbocycles. The molecule has 244 valence electrons. The second-order valence-corrected chi connectivity index (χ2v) is 10.8. The second-order valence-electron chi connectivity index (χ2n) is 9.63. The highest BCUT2D eigenvalue weighted by molar-refractivity contribution is 7.84. The molecule has 1 unspecified atom stereocenters. The van der Waals surface area contributed by atoms with Crippen molar-refractivity contribution in [2.75, 3.05) is 63.2 Å². The largest absolute Gasteiger partial charge is 0.369 e. The molecule has 0 spiro atoms. The van der Waals surface area contributed by atoms with E-state index in [0.717, 1.165) is 68.1 Å². The van der Waals surface area contributed by atoms with E-state index in [1.54, 1.807) is 39.7 Å². The maximum Gasteiger partial charge on any atom is 0.196 e. The number of hydrogen-bond acceptors (Lipinski definition) is 5. The lowest BCUT2D eigenvalue weighted by Crippen LogP contribution is -2.43. The zero-order valence-electron chi connectivity index (χ0n) is 26.1. The van der Waals surface area contributed by atoms with Crippen molar-refractivity contribution in [1.82, 2.24) is 24.4 Å². The Kier molecular flexibility index (Phi) is 14.4. The Balaban J connectivity index is 0.000000870. The van der Waals surface area contributed by atoms with Crippen LogP contribution in [0.25, 0.3) is 28.1 Å². The first-order valence-electron chi connectivity index (χ1n) is 14.8. The number of piperazine rings is 1. The molecule has 13 heteroatoms. The van der Waals surface area contributed by atoms with Crippen molar-refractivity contribution in [3.8, 4) is 28.1 Å². The van der Waals surface area contributed by atoms with Crippen molar-refractivity contribution >= 4 is 22.5 Å². The van der Waals surface area contributed by atoms with E-state index in [2.05, 4.69) is 19.9 Å². The Morgan fingerprint density at radius 1 is 0.822 bits per heavy atom. The van der Waals surface area contributed by atoms with Gasteiger partial charge < -0.3 is 10.2 Å². The summed E-state index contributed by atoms with van der Waals surface area (Å²) in [5, 5.41) is 8.14. The molecule has 0 aliphatic carbocycles. The summed E-state index contributed by atoms with van der Waals surface area (Å²) in [7, 11) is 1.00. The minimum Gasteiger partial charge on any atom is -0.369 e. The lowest BCUT2D eigenvalue weighted by Gasteiger charge is -2.29. The second kappa shape index (κ2) is 18.2. The van der Waals surface area contributed by atoms with E-state index in [9.17, 15) is 17.4 Å². The minimum absolute atomic E-state index is 0.0337. The Bertz CT molecular complexity index is 1480. The molecule has 45 heavy (non-hydrogen) atoms. The van der Waals surface area contributed by atoms with Crippen molar-refractivity contribution < 1.29 is 21.8 Å². The zero-order valence-corrected chi connectivity index (χ0v) is 26.9. The van der Waals surface area contributed by atoms with Crippen LogP contribution in [-0.4, -0.2) is 76.9 Å². The Labute approximate surface area is 265 Å². The molecule has 4 aromatic rings. The lowest BCUT2D eigenvalue weighted by molar-refractivity contribution is 0.539. The molecule has 0 radical (unpaired) electrons. The molecule has 2 aliphatic heterocycles. The number of halogens is 4. The number of nitrogens with one attached hydrogen (secondary N) is 2. The predicted molar refractivity (Wildman–Crippen MR) is 175 cm³/mol. The van der Waals surface area contributed by atoms with Gasteiger partial charge in [0.2, 0.25) is 0 Å². The van der Waals surface area contributed by atoms with Gasteiger partial charge in [-0.3, -0.25) is 18.5 Å². The maximum atomic E-state index is 15.9. The third kappa shape index (κ3) is 8.89. The summed E-state index contributed by atoms with van der Waals surface area (Å²) >= 11 is -1.66. The molecule has 0 amide bonds. The topological polar surface area (TPSA) is 78.3 Å². The average Bonchev–Trinajstić information content (AvgIpc) is 3.82. The lowest BCUT2D eigenvalue weighted by atomic mass is 10.0. The van der Waals surface area contributed by atoms with Crippen LogP contribution in [0.15, 0.2) is 67.1 Å². The van der Waals surface area contributed by atoms with Crippen molar-refractivity contribution in [2.45, 2.75) is 26.7 Å². The van der Waals surface area contributed by atoms with Crippen LogP contribution in [0.4, 0.5) is 28.9 Å². The van der Waals surface area contributed by atoms with Crippen molar-refractivity contribution in [3.63, 3.8) is 0 Å². The van der Waals surface area contributed by atoms with E-state index in [1.165, 1.54) is 0 Å². The SMILES string of the molecule is CC.CF.CF.O=S(Nc1cc(F)cc(-c2cn(-c3ccc(N4CCNCC4)cc3)nc2-c2ccncc2)c1F)N1CCCC1. The summed E-state index contributed by atoms with van der Waals surface area (Å²) in [5.74, 6) is -1.33. The summed E-state index contributed by atoms with van der Waals surface area (Å²) in [6, 6.07) is 13.8. The van der Waals surface area contributed by atoms with Gasteiger partial charge in [0.15, 0.2) is 17.0 Å². The first kappa shape index (κ1) is 35.7. The van der Waals surface area contributed by atoms with E-state index in [4.69, 9.17) is 5.10 Å². The Hall–Kier alpha value is -3.81. The van der Waals surface area contributed by atoms with Gasteiger partial charge in [0.1, 0.15) is 11.5 Å². The van der Waals surface area contributed by atoms with Gasteiger partial charge in [-0.05, 0) is 55.3 Å². The molecular formula is C32H41F4N7OS. The van der Waals surface area contributed by atoms with Gasteiger partial charge in [-0.2, -0.15) is 5.10 Å². The molecule has 6 rings (SSSR count). The van der Waals surface area contributed by atoms with Gasteiger partial charge in [-0.25, -0.2) is 22.0 Å². The van der Waals surface area contributed by atoms with E-state index in [-0.39, 0.29) is 11.3 Å². The van der Waals surface area contributed by atoms with E-state index in [0.29, 0.717) is 38.7 Å². The fourth-order valence-electron chi connectivity index (χ4n) is 5.04. The average molecular weight is 648 g/mol. The predicted octanol–water partition coefficient (Wildman–Crippen LogP) is 6.57. The van der Waals surface area contributed by atoms with Crippen LogP contribution in [0.1, 0.15) is 26.7 Å². The highest BCUT2D eigenvalue weighted by Crippen LogP contribution is 2.36. The number of nitrogens with zero attached hydrogens (tertiary/aromatic N) is 5. The number of pyridine rings is 1. The standard InChI is InChI=1S/C28H29F2N7OS.C2H6.2CH3F/c29-21-17-24(27(30)26(18-21)34-39(38)36-13-1-2-14-36)25-19-37(33-28(25)20-7-9-31-10-8-20)23-5-3-22(4-6-23)35-15-11-32-12-16-35;3*1-2/h3-10,17-19,32,34H,1-2,11-16H2;1-2H3;2*1H3. The van der Waals surface area contributed by atoms with Gasteiger partial charge in [0, 0.05) is 86.3 Å². The first-order valence-corrected chi connectivity index (χ1v) is 15.9.